The zero-order chi connectivity index (χ0) is 11.6. The zero-order valence-electron chi connectivity index (χ0n) is 10.4. The third-order valence-corrected chi connectivity index (χ3v) is 8.97. The van der Waals surface area contributed by atoms with E-state index in [2.05, 4.69) is 0 Å². The Kier molecular flexibility index (Phi) is 6.03. The summed E-state index contributed by atoms with van der Waals surface area (Å²) in [6.07, 6.45) is 0.0966. The van der Waals surface area contributed by atoms with Crippen LogP contribution < -0.4 is 4.70 Å². The molecule has 0 radical (unpaired) electrons. The molecule has 0 saturated carbocycles. The largest absolute Gasteiger partial charge is 1.00 e. The van der Waals surface area contributed by atoms with Gasteiger partial charge in [-0.2, -0.15) is 0 Å². The average Bonchev–Trinajstić information content (AvgIpc) is 2.15. The molecule has 0 amide bonds. The molecule has 0 saturated heterocycles. The predicted octanol–water partition coefficient (Wildman–Crippen LogP) is -1.90. The standard InChI is InChI=1S/C8H18O4S2.FH/c1-5-8(4,13(9,10)6-2)14(11,12)7-3;/h5-7H2,1-4H3;1H. The van der Waals surface area contributed by atoms with Crippen LogP contribution in [0.25, 0.3) is 0 Å². The van der Waals surface area contributed by atoms with Gasteiger partial charge in [-0.05, 0) is 13.3 Å². The minimum absolute atomic E-state index is 0. The van der Waals surface area contributed by atoms with E-state index < -0.39 is 23.8 Å². The third kappa shape index (κ3) is 2.69. The molecule has 94 valence electrons. The first-order valence-electron chi connectivity index (χ1n) is 4.63. The first-order chi connectivity index (χ1) is 6.18. The Hall–Kier alpha value is -0.170. The Morgan fingerprint density at radius 3 is 1.33 bits per heavy atom. The molecule has 0 bridgehead atoms. The highest BCUT2D eigenvalue weighted by Crippen LogP contribution is 2.29. The van der Waals surface area contributed by atoms with Crippen molar-refractivity contribution in [2.24, 2.45) is 0 Å². The Morgan fingerprint density at radius 2 is 1.20 bits per heavy atom. The van der Waals surface area contributed by atoms with E-state index in [0.717, 1.165) is 0 Å². The Balaban J connectivity index is -0.000000845. The van der Waals surface area contributed by atoms with Gasteiger partial charge >= 0.3 is 1.43 Å². The molecule has 0 aliphatic heterocycles. The van der Waals surface area contributed by atoms with Crippen molar-refractivity contribution in [2.45, 2.75) is 38.2 Å². The third-order valence-electron chi connectivity index (χ3n) is 2.72. The number of sulfone groups is 2. The molecule has 0 fully saturated rings. The lowest BCUT2D eigenvalue weighted by atomic mass is 10.4. The summed E-state index contributed by atoms with van der Waals surface area (Å²) < 4.78 is 45.1. The van der Waals surface area contributed by atoms with Crippen molar-refractivity contribution in [1.29, 1.82) is 0 Å². The lowest BCUT2D eigenvalue weighted by molar-refractivity contribution is -0.00000790. The van der Waals surface area contributed by atoms with E-state index in [-0.39, 0.29) is 24.1 Å². The maximum Gasteiger partial charge on any atom is 1.00 e. The summed E-state index contributed by atoms with van der Waals surface area (Å²) in [6, 6.07) is 0. The van der Waals surface area contributed by atoms with Crippen LogP contribution in [0, 0.1) is 0 Å². The lowest BCUT2D eigenvalue weighted by Gasteiger charge is -2.26. The first-order valence-corrected chi connectivity index (χ1v) is 7.93. The fourth-order valence-corrected chi connectivity index (χ4v) is 5.60. The molecule has 7 heteroatoms. The minimum Gasteiger partial charge on any atom is -1.00 e. The van der Waals surface area contributed by atoms with E-state index in [1.807, 2.05) is 0 Å². The quantitative estimate of drug-likeness (QED) is 0.580. The van der Waals surface area contributed by atoms with E-state index in [1.165, 1.54) is 20.8 Å². The van der Waals surface area contributed by atoms with Gasteiger partial charge < -0.3 is 4.70 Å². The van der Waals surface area contributed by atoms with Crippen LogP contribution in [-0.2, 0) is 19.7 Å². The molecule has 0 atom stereocenters. The van der Waals surface area contributed by atoms with Crippen molar-refractivity contribution in [3.63, 3.8) is 0 Å². The molecular weight excluding hydrogens is 243 g/mol. The van der Waals surface area contributed by atoms with Gasteiger partial charge in [-0.15, -0.1) is 0 Å². The second-order valence-corrected chi connectivity index (χ2v) is 8.97. The first kappa shape index (κ1) is 17.2. The number of hydrogen-bond acceptors (Lipinski definition) is 4. The van der Waals surface area contributed by atoms with Crippen LogP contribution in [0.4, 0.5) is 0 Å². The summed E-state index contributed by atoms with van der Waals surface area (Å²) in [5.41, 5.74) is 0. The van der Waals surface area contributed by atoms with Gasteiger partial charge in [-0.1, -0.05) is 20.8 Å². The molecule has 0 heterocycles. The van der Waals surface area contributed by atoms with Crippen LogP contribution in [0.2, 0.25) is 0 Å². The second kappa shape index (κ2) is 5.25. The van der Waals surface area contributed by atoms with Crippen LogP contribution in [0.5, 0.6) is 0 Å². The molecule has 0 spiro atoms. The van der Waals surface area contributed by atoms with E-state index in [4.69, 9.17) is 0 Å². The summed E-state index contributed by atoms with van der Waals surface area (Å²) in [6.45, 7) is 5.81. The Morgan fingerprint density at radius 1 is 0.933 bits per heavy atom. The second-order valence-electron chi connectivity index (χ2n) is 3.29. The van der Waals surface area contributed by atoms with Crippen LogP contribution in [-0.4, -0.2) is 32.4 Å². The van der Waals surface area contributed by atoms with Gasteiger partial charge in [0.15, 0.2) is 23.8 Å². The van der Waals surface area contributed by atoms with Gasteiger partial charge in [0, 0.05) is 11.5 Å². The molecule has 0 aromatic carbocycles. The van der Waals surface area contributed by atoms with Gasteiger partial charge in [0.2, 0.25) is 0 Å². The van der Waals surface area contributed by atoms with Crippen LogP contribution in [0.3, 0.4) is 0 Å². The summed E-state index contributed by atoms with van der Waals surface area (Å²) in [5.74, 6) is -0.285. The smallest absolute Gasteiger partial charge is 1.00 e. The molecule has 0 rings (SSSR count). The normalized spacial score (nSPS) is 13.3. The van der Waals surface area contributed by atoms with Gasteiger partial charge in [0.1, 0.15) is 0 Å². The van der Waals surface area contributed by atoms with E-state index in [9.17, 15) is 16.8 Å². The summed E-state index contributed by atoms with van der Waals surface area (Å²) in [4.78, 5) is 0. The summed E-state index contributed by atoms with van der Waals surface area (Å²) in [5, 5.41) is 0. The molecule has 4 nitrogen and oxygen atoms in total. The van der Waals surface area contributed by atoms with Crippen molar-refractivity contribution in [3.05, 3.63) is 0 Å². The number of hydrogen-bond donors (Lipinski definition) is 0. The highest BCUT2D eigenvalue weighted by molar-refractivity contribution is 8.10. The van der Waals surface area contributed by atoms with Crippen molar-refractivity contribution in [1.82, 2.24) is 0 Å². The van der Waals surface area contributed by atoms with Crippen molar-refractivity contribution < 1.29 is 23.0 Å². The van der Waals surface area contributed by atoms with Gasteiger partial charge in [-0.25, -0.2) is 16.8 Å². The lowest BCUT2D eigenvalue weighted by Crippen LogP contribution is -3.00. The molecule has 0 aromatic rings. The fourth-order valence-electron chi connectivity index (χ4n) is 1.24. The maximum atomic E-state index is 11.7. The van der Waals surface area contributed by atoms with E-state index in [1.54, 1.807) is 6.92 Å². The van der Waals surface area contributed by atoms with Crippen LogP contribution in [0.1, 0.15) is 35.5 Å². The Labute approximate surface area is 92.8 Å². The highest BCUT2D eigenvalue weighted by Gasteiger charge is 2.47. The molecule has 0 unspecified atom stereocenters. The van der Waals surface area contributed by atoms with Crippen LogP contribution in [0.15, 0.2) is 0 Å². The van der Waals surface area contributed by atoms with Crippen molar-refractivity contribution in [2.75, 3.05) is 11.5 Å². The van der Waals surface area contributed by atoms with Crippen molar-refractivity contribution in [3.8, 4) is 0 Å². The maximum absolute atomic E-state index is 11.7. The molecule has 0 N–H and O–H groups in total. The zero-order valence-corrected chi connectivity index (χ0v) is 11.1. The van der Waals surface area contributed by atoms with Gasteiger partial charge in [0.25, 0.3) is 0 Å². The summed E-state index contributed by atoms with van der Waals surface area (Å²) in [7, 11) is -7.14. The van der Waals surface area contributed by atoms with E-state index >= 15 is 0 Å². The number of rotatable bonds is 5. The van der Waals surface area contributed by atoms with E-state index in [0.29, 0.717) is 0 Å². The molecule has 0 aliphatic rings. The highest BCUT2D eigenvalue weighted by atomic mass is 32.3. The predicted molar refractivity (Wildman–Crippen MR) is 58.7 cm³/mol. The summed E-state index contributed by atoms with van der Waals surface area (Å²) >= 11 is 0. The van der Waals surface area contributed by atoms with Crippen molar-refractivity contribution >= 4 is 19.7 Å². The fraction of sp³-hybridized carbons (Fsp3) is 1.00. The molecule has 0 aromatic heterocycles. The molecule has 15 heavy (non-hydrogen) atoms. The van der Waals surface area contributed by atoms with Gasteiger partial charge in [-0.3, -0.25) is 0 Å². The minimum atomic E-state index is -3.57. The monoisotopic (exact) mass is 262 g/mol. The van der Waals surface area contributed by atoms with Gasteiger partial charge in [0.05, 0.1) is 0 Å². The topological polar surface area (TPSA) is 68.3 Å². The SMILES string of the molecule is CCC(C)(S(=O)(=O)CC)S(=O)(=O)CC.[F-].[H+]. The molecular formula is C8H19FO4S2. The molecule has 0 aliphatic carbocycles. The van der Waals surface area contributed by atoms with Crippen LogP contribution >= 0.6 is 0 Å². The Bertz CT molecular complexity index is 354. The number of halogens is 1. The average molecular weight is 262 g/mol.